The Hall–Kier alpha value is -2.28. The highest BCUT2D eigenvalue weighted by Crippen LogP contribution is 2.29. The maximum atomic E-state index is 5.41. The molecule has 1 aliphatic heterocycles. The van der Waals surface area contributed by atoms with Gasteiger partial charge in [-0.25, -0.2) is 4.63 Å². The highest BCUT2D eigenvalue weighted by atomic mass is 16.6. The summed E-state index contributed by atoms with van der Waals surface area (Å²) in [5.74, 6) is 0.684. The maximum Gasteiger partial charge on any atom is 0.139 e. The molecule has 6 heteroatoms. The Balaban J connectivity index is 1.24. The second kappa shape index (κ2) is 9.47. The topological polar surface area (TPSA) is 54.6 Å². The third-order valence-electron chi connectivity index (χ3n) is 6.99. The lowest BCUT2D eigenvalue weighted by atomic mass is 9.95. The maximum absolute atomic E-state index is 5.41. The van der Waals surface area contributed by atoms with Gasteiger partial charge in [-0.15, -0.1) is 0 Å². The Labute approximate surface area is 184 Å². The highest BCUT2D eigenvalue weighted by molar-refractivity contribution is 5.76. The van der Waals surface area contributed by atoms with E-state index in [2.05, 4.69) is 50.4 Å². The van der Waals surface area contributed by atoms with Crippen LogP contribution in [-0.4, -0.2) is 66.1 Å². The van der Waals surface area contributed by atoms with Crippen molar-refractivity contribution in [1.29, 1.82) is 0 Å². The van der Waals surface area contributed by atoms with Crippen molar-refractivity contribution in [2.75, 3.05) is 39.9 Å². The molecule has 0 N–H and O–H groups in total. The van der Waals surface area contributed by atoms with Crippen molar-refractivity contribution in [1.82, 2.24) is 20.1 Å². The van der Waals surface area contributed by atoms with Gasteiger partial charge in [0.1, 0.15) is 11.0 Å². The van der Waals surface area contributed by atoms with Crippen LogP contribution >= 0.6 is 0 Å². The molecular weight excluding hydrogens is 388 g/mol. The number of hydrogen-bond donors (Lipinski definition) is 0. The predicted molar refractivity (Wildman–Crippen MR) is 121 cm³/mol. The molecule has 1 saturated heterocycles. The number of methoxy groups -OCH3 is 1. The predicted octanol–water partition coefficient (Wildman–Crippen LogP) is 3.55. The SMILES string of the molecule is COCCN(Cc1cccc2nonc12)C[C@H]1CCCN(C2Cc3ccccc3C2)C1. The Morgan fingerprint density at radius 3 is 2.74 bits per heavy atom. The molecule has 0 saturated carbocycles. The van der Waals surface area contributed by atoms with Gasteiger partial charge in [0, 0.05) is 39.3 Å². The summed E-state index contributed by atoms with van der Waals surface area (Å²) in [5.41, 5.74) is 5.97. The summed E-state index contributed by atoms with van der Waals surface area (Å²) in [6, 6.07) is 15.8. The van der Waals surface area contributed by atoms with E-state index in [-0.39, 0.29) is 0 Å². The number of ether oxygens (including phenoxy) is 1. The van der Waals surface area contributed by atoms with Gasteiger partial charge in [0.15, 0.2) is 0 Å². The molecule has 0 unspecified atom stereocenters. The van der Waals surface area contributed by atoms with E-state index in [1.165, 1.54) is 44.3 Å². The van der Waals surface area contributed by atoms with Crippen molar-refractivity contribution in [3.63, 3.8) is 0 Å². The first kappa shape index (κ1) is 20.6. The zero-order valence-corrected chi connectivity index (χ0v) is 18.4. The third-order valence-corrected chi connectivity index (χ3v) is 6.99. The van der Waals surface area contributed by atoms with Crippen LogP contribution in [0.15, 0.2) is 47.1 Å². The van der Waals surface area contributed by atoms with Crippen LogP contribution in [0.2, 0.25) is 0 Å². The van der Waals surface area contributed by atoms with Crippen molar-refractivity contribution in [2.45, 2.75) is 38.3 Å². The molecule has 3 aromatic rings. The van der Waals surface area contributed by atoms with Crippen LogP contribution in [-0.2, 0) is 24.1 Å². The van der Waals surface area contributed by atoms with E-state index < -0.39 is 0 Å². The van der Waals surface area contributed by atoms with Gasteiger partial charge >= 0.3 is 0 Å². The second-order valence-electron chi connectivity index (χ2n) is 9.11. The van der Waals surface area contributed by atoms with Gasteiger partial charge in [0.25, 0.3) is 0 Å². The average molecular weight is 421 g/mol. The highest BCUT2D eigenvalue weighted by Gasteiger charge is 2.31. The van der Waals surface area contributed by atoms with Crippen LogP contribution in [0.5, 0.6) is 0 Å². The van der Waals surface area contributed by atoms with Crippen molar-refractivity contribution >= 4 is 11.0 Å². The first-order valence-electron chi connectivity index (χ1n) is 11.5. The molecule has 0 radical (unpaired) electrons. The fourth-order valence-electron chi connectivity index (χ4n) is 5.42. The number of likely N-dealkylation sites (tertiary alicyclic amines) is 1. The van der Waals surface area contributed by atoms with Gasteiger partial charge < -0.3 is 4.74 Å². The van der Waals surface area contributed by atoms with E-state index in [1.54, 1.807) is 18.2 Å². The van der Waals surface area contributed by atoms with Crippen LogP contribution in [0, 0.1) is 5.92 Å². The van der Waals surface area contributed by atoms with Crippen LogP contribution < -0.4 is 0 Å². The third kappa shape index (κ3) is 4.66. The van der Waals surface area contributed by atoms with Gasteiger partial charge in [-0.2, -0.15) is 0 Å². The molecule has 1 aliphatic carbocycles. The molecule has 2 heterocycles. The van der Waals surface area contributed by atoms with Gasteiger partial charge in [-0.3, -0.25) is 9.80 Å². The minimum absolute atomic E-state index is 0.669. The minimum Gasteiger partial charge on any atom is -0.383 e. The monoisotopic (exact) mass is 420 g/mol. The van der Waals surface area contributed by atoms with E-state index >= 15 is 0 Å². The number of hydrogen-bond acceptors (Lipinski definition) is 6. The number of nitrogens with zero attached hydrogens (tertiary/aromatic N) is 4. The van der Waals surface area contributed by atoms with Crippen LogP contribution in [0.4, 0.5) is 0 Å². The van der Waals surface area contributed by atoms with Gasteiger partial charge in [0.05, 0.1) is 6.61 Å². The summed E-state index contributed by atoms with van der Waals surface area (Å²) in [6.45, 7) is 6.02. The van der Waals surface area contributed by atoms with Crippen molar-refractivity contribution in [3.05, 3.63) is 59.2 Å². The molecule has 164 valence electrons. The zero-order valence-electron chi connectivity index (χ0n) is 18.4. The minimum atomic E-state index is 0.669. The summed E-state index contributed by atoms with van der Waals surface area (Å²) in [4.78, 5) is 5.27. The Bertz CT molecular complexity index is 979. The van der Waals surface area contributed by atoms with Crippen molar-refractivity contribution < 1.29 is 9.37 Å². The second-order valence-corrected chi connectivity index (χ2v) is 9.11. The standard InChI is InChI=1S/C25H32N4O2/c1-30-13-12-28(18-22-9-4-10-24-25(22)27-31-26-24)16-19-6-5-11-29(17-19)23-14-20-7-2-3-8-21(20)15-23/h2-4,7-10,19,23H,5-6,11-18H2,1H3/t19-/m1/s1. The lowest BCUT2D eigenvalue weighted by molar-refractivity contribution is 0.0845. The molecular formula is C25H32N4O2. The van der Waals surface area contributed by atoms with E-state index in [0.29, 0.717) is 12.0 Å². The molecule has 0 amide bonds. The number of piperidine rings is 1. The molecule has 1 aromatic heterocycles. The van der Waals surface area contributed by atoms with Crippen LogP contribution in [0.3, 0.4) is 0 Å². The summed E-state index contributed by atoms with van der Waals surface area (Å²) < 4.78 is 10.4. The van der Waals surface area contributed by atoms with E-state index in [0.717, 1.165) is 37.3 Å². The summed E-state index contributed by atoms with van der Waals surface area (Å²) >= 11 is 0. The van der Waals surface area contributed by atoms with E-state index in [1.807, 2.05) is 12.1 Å². The van der Waals surface area contributed by atoms with Gasteiger partial charge in [-0.05, 0) is 71.2 Å². The fourth-order valence-corrected chi connectivity index (χ4v) is 5.42. The van der Waals surface area contributed by atoms with E-state index in [4.69, 9.17) is 9.37 Å². The molecule has 2 aliphatic rings. The number of aromatic nitrogens is 2. The summed E-state index contributed by atoms with van der Waals surface area (Å²) in [5, 5.41) is 8.13. The smallest absolute Gasteiger partial charge is 0.139 e. The fraction of sp³-hybridized carbons (Fsp3) is 0.520. The first-order valence-corrected chi connectivity index (χ1v) is 11.5. The molecule has 5 rings (SSSR count). The molecule has 0 spiro atoms. The van der Waals surface area contributed by atoms with E-state index in [9.17, 15) is 0 Å². The van der Waals surface area contributed by atoms with Crippen LogP contribution in [0.1, 0.15) is 29.5 Å². The first-order chi connectivity index (χ1) is 15.3. The zero-order chi connectivity index (χ0) is 21.0. The molecule has 0 bridgehead atoms. The lowest BCUT2D eigenvalue weighted by Crippen LogP contribution is -2.46. The molecule has 1 fully saturated rings. The molecule has 31 heavy (non-hydrogen) atoms. The number of benzene rings is 2. The summed E-state index contributed by atoms with van der Waals surface area (Å²) in [6.07, 6.45) is 5.00. The van der Waals surface area contributed by atoms with Gasteiger partial charge in [-0.1, -0.05) is 36.4 Å². The number of rotatable bonds is 8. The molecule has 2 aromatic carbocycles. The largest absolute Gasteiger partial charge is 0.383 e. The lowest BCUT2D eigenvalue weighted by Gasteiger charge is -2.38. The van der Waals surface area contributed by atoms with Crippen molar-refractivity contribution in [3.8, 4) is 0 Å². The molecule has 1 atom stereocenters. The molecule has 6 nitrogen and oxygen atoms in total. The Morgan fingerprint density at radius 2 is 1.94 bits per heavy atom. The van der Waals surface area contributed by atoms with Crippen LogP contribution in [0.25, 0.3) is 11.0 Å². The Morgan fingerprint density at radius 1 is 1.10 bits per heavy atom. The summed E-state index contributed by atoms with van der Waals surface area (Å²) in [7, 11) is 1.78. The quantitative estimate of drug-likeness (QED) is 0.556. The Kier molecular flexibility index (Phi) is 6.30. The van der Waals surface area contributed by atoms with Crippen molar-refractivity contribution in [2.24, 2.45) is 5.92 Å². The number of fused-ring (bicyclic) bond motifs is 2. The average Bonchev–Trinajstić information content (AvgIpc) is 3.45. The normalized spacial score (nSPS) is 20.0. The van der Waals surface area contributed by atoms with Gasteiger partial charge in [0.2, 0.25) is 0 Å².